The molecule has 1 aromatic rings. The lowest BCUT2D eigenvalue weighted by Gasteiger charge is -2.13. The van der Waals surface area contributed by atoms with Crippen molar-refractivity contribution in [2.45, 2.75) is 6.54 Å². The Balaban J connectivity index is 0.00000169. The predicted octanol–water partition coefficient (Wildman–Crippen LogP) is 1.23. The van der Waals surface area contributed by atoms with Gasteiger partial charge in [-0.15, -0.1) is 23.7 Å². The first-order chi connectivity index (χ1) is 6.22. The van der Waals surface area contributed by atoms with Gasteiger partial charge in [-0.2, -0.15) is 0 Å². The molecule has 0 unspecified atom stereocenters. The van der Waals surface area contributed by atoms with Crippen LogP contribution in [0.15, 0.2) is 6.20 Å². The van der Waals surface area contributed by atoms with E-state index >= 15 is 0 Å². The standard InChI is InChI=1S/C8H15N3OS.ClH/c1-11(3-4-12-2)6-7-5-10-8(9)13-7;/h5H,3-4,6H2,1-2H3,(H2,9,10);1H. The molecule has 2 N–H and O–H groups in total. The molecule has 6 heteroatoms. The summed E-state index contributed by atoms with van der Waals surface area (Å²) in [6, 6.07) is 0. The maximum absolute atomic E-state index is 5.52. The highest BCUT2D eigenvalue weighted by molar-refractivity contribution is 7.15. The van der Waals surface area contributed by atoms with Crippen molar-refractivity contribution in [3.63, 3.8) is 0 Å². The van der Waals surface area contributed by atoms with Crippen LogP contribution in [-0.2, 0) is 11.3 Å². The van der Waals surface area contributed by atoms with E-state index in [-0.39, 0.29) is 12.4 Å². The number of likely N-dealkylation sites (N-methyl/N-ethyl adjacent to an activating group) is 1. The molecule has 14 heavy (non-hydrogen) atoms. The quantitative estimate of drug-likeness (QED) is 0.837. The minimum atomic E-state index is 0. The number of rotatable bonds is 5. The second-order valence-electron chi connectivity index (χ2n) is 2.90. The molecule has 0 aliphatic heterocycles. The summed E-state index contributed by atoms with van der Waals surface area (Å²) in [7, 11) is 3.76. The SMILES string of the molecule is COCCN(C)Cc1cnc(N)s1.Cl. The molecule has 4 nitrogen and oxygen atoms in total. The molecule has 0 saturated heterocycles. The lowest BCUT2D eigenvalue weighted by atomic mass is 10.5. The Morgan fingerprint density at radius 2 is 2.36 bits per heavy atom. The first kappa shape index (κ1) is 13.6. The normalized spacial score (nSPS) is 10.2. The Bertz CT molecular complexity index is 256. The van der Waals surface area contributed by atoms with Gasteiger partial charge in [0.2, 0.25) is 0 Å². The summed E-state index contributed by atoms with van der Waals surface area (Å²) >= 11 is 1.53. The zero-order valence-corrected chi connectivity index (χ0v) is 10.0. The number of halogens is 1. The number of nitrogens with two attached hydrogens (primary N) is 1. The van der Waals surface area contributed by atoms with E-state index in [1.165, 1.54) is 16.2 Å². The summed E-state index contributed by atoms with van der Waals surface area (Å²) in [5, 5.41) is 0.634. The third-order valence-electron chi connectivity index (χ3n) is 1.67. The van der Waals surface area contributed by atoms with Gasteiger partial charge in [0.05, 0.1) is 6.61 Å². The van der Waals surface area contributed by atoms with E-state index in [2.05, 4.69) is 16.9 Å². The molecule has 0 bridgehead atoms. The van der Waals surface area contributed by atoms with Gasteiger partial charge in [-0.05, 0) is 7.05 Å². The molecule has 1 rings (SSSR count). The van der Waals surface area contributed by atoms with Gasteiger partial charge in [-0.25, -0.2) is 4.98 Å². The molecular formula is C8H16ClN3OS. The Morgan fingerprint density at radius 3 is 2.86 bits per heavy atom. The minimum absolute atomic E-state index is 0. The number of hydrogen-bond donors (Lipinski definition) is 1. The number of ether oxygens (including phenoxy) is 1. The fourth-order valence-corrected chi connectivity index (χ4v) is 1.75. The lowest BCUT2D eigenvalue weighted by molar-refractivity contribution is 0.159. The zero-order chi connectivity index (χ0) is 9.68. The summed E-state index contributed by atoms with van der Waals surface area (Å²) in [4.78, 5) is 7.36. The van der Waals surface area contributed by atoms with E-state index in [0.717, 1.165) is 19.7 Å². The topological polar surface area (TPSA) is 51.4 Å². The van der Waals surface area contributed by atoms with Crippen LogP contribution in [0.25, 0.3) is 0 Å². The molecule has 0 atom stereocenters. The summed E-state index contributed by atoms with van der Waals surface area (Å²) < 4.78 is 4.98. The molecule has 0 radical (unpaired) electrons. The molecule has 0 aromatic carbocycles. The molecule has 0 spiro atoms. The Kier molecular flexibility index (Phi) is 6.82. The number of thiazole rings is 1. The van der Waals surface area contributed by atoms with Crippen molar-refractivity contribution in [3.05, 3.63) is 11.1 Å². The fourth-order valence-electron chi connectivity index (χ4n) is 0.988. The van der Waals surface area contributed by atoms with Gasteiger partial charge in [0.25, 0.3) is 0 Å². The largest absolute Gasteiger partial charge is 0.383 e. The Labute approximate surface area is 94.5 Å². The second kappa shape index (κ2) is 7.00. The van der Waals surface area contributed by atoms with Crippen molar-refractivity contribution < 1.29 is 4.74 Å². The first-order valence-electron chi connectivity index (χ1n) is 4.10. The van der Waals surface area contributed by atoms with Crippen molar-refractivity contribution >= 4 is 28.9 Å². The Hall–Kier alpha value is -0.360. The van der Waals surface area contributed by atoms with Crippen molar-refractivity contribution in [2.24, 2.45) is 0 Å². The van der Waals surface area contributed by atoms with E-state index in [9.17, 15) is 0 Å². The van der Waals surface area contributed by atoms with Gasteiger partial charge in [-0.1, -0.05) is 0 Å². The van der Waals surface area contributed by atoms with E-state index < -0.39 is 0 Å². The third kappa shape index (κ3) is 4.76. The zero-order valence-electron chi connectivity index (χ0n) is 8.40. The van der Waals surface area contributed by atoms with Crippen molar-refractivity contribution in [1.82, 2.24) is 9.88 Å². The maximum Gasteiger partial charge on any atom is 0.180 e. The average molecular weight is 238 g/mol. The molecule has 0 aliphatic rings. The van der Waals surface area contributed by atoms with Gasteiger partial charge < -0.3 is 10.5 Å². The summed E-state index contributed by atoms with van der Waals surface area (Å²) in [6.07, 6.45) is 1.82. The van der Waals surface area contributed by atoms with E-state index in [4.69, 9.17) is 10.5 Å². The van der Waals surface area contributed by atoms with Gasteiger partial charge in [0.1, 0.15) is 0 Å². The molecule has 1 heterocycles. The number of methoxy groups -OCH3 is 1. The lowest BCUT2D eigenvalue weighted by Crippen LogP contribution is -2.21. The highest BCUT2D eigenvalue weighted by atomic mass is 35.5. The molecule has 0 amide bonds. The van der Waals surface area contributed by atoms with Crippen molar-refractivity contribution in [2.75, 3.05) is 33.0 Å². The molecule has 0 fully saturated rings. The number of nitrogens with zero attached hydrogens (tertiary/aromatic N) is 2. The minimum Gasteiger partial charge on any atom is -0.383 e. The summed E-state index contributed by atoms with van der Waals surface area (Å²) in [5.41, 5.74) is 5.52. The van der Waals surface area contributed by atoms with Crippen LogP contribution in [0.1, 0.15) is 4.88 Å². The summed E-state index contributed by atoms with van der Waals surface area (Å²) in [6.45, 7) is 2.57. The van der Waals surface area contributed by atoms with E-state index in [1.54, 1.807) is 7.11 Å². The number of hydrogen-bond acceptors (Lipinski definition) is 5. The van der Waals surface area contributed by atoms with Crippen LogP contribution < -0.4 is 5.73 Å². The highest BCUT2D eigenvalue weighted by Crippen LogP contribution is 2.15. The number of aromatic nitrogens is 1. The van der Waals surface area contributed by atoms with Crippen LogP contribution in [0.3, 0.4) is 0 Å². The van der Waals surface area contributed by atoms with Crippen LogP contribution in [0.2, 0.25) is 0 Å². The molecule has 82 valence electrons. The third-order valence-corrected chi connectivity index (χ3v) is 2.49. The number of anilines is 1. The van der Waals surface area contributed by atoms with Gasteiger partial charge >= 0.3 is 0 Å². The van der Waals surface area contributed by atoms with Crippen molar-refractivity contribution in [1.29, 1.82) is 0 Å². The highest BCUT2D eigenvalue weighted by Gasteiger charge is 2.02. The van der Waals surface area contributed by atoms with Crippen LogP contribution in [0.5, 0.6) is 0 Å². The van der Waals surface area contributed by atoms with E-state index in [0.29, 0.717) is 5.13 Å². The van der Waals surface area contributed by atoms with Crippen LogP contribution in [-0.4, -0.2) is 37.2 Å². The van der Waals surface area contributed by atoms with Gasteiger partial charge in [0, 0.05) is 31.3 Å². The molecule has 1 aromatic heterocycles. The van der Waals surface area contributed by atoms with Crippen LogP contribution >= 0.6 is 23.7 Å². The predicted molar refractivity (Wildman–Crippen MR) is 62.0 cm³/mol. The number of nitrogen functional groups attached to an aromatic ring is 1. The second-order valence-corrected chi connectivity index (χ2v) is 4.04. The van der Waals surface area contributed by atoms with Gasteiger partial charge in [-0.3, -0.25) is 4.90 Å². The molecular weight excluding hydrogens is 222 g/mol. The molecule has 0 saturated carbocycles. The smallest absolute Gasteiger partial charge is 0.180 e. The first-order valence-corrected chi connectivity index (χ1v) is 4.91. The Morgan fingerprint density at radius 1 is 1.64 bits per heavy atom. The molecule has 0 aliphatic carbocycles. The average Bonchev–Trinajstić information content (AvgIpc) is 2.48. The van der Waals surface area contributed by atoms with Gasteiger partial charge in [0.15, 0.2) is 5.13 Å². The monoisotopic (exact) mass is 237 g/mol. The fraction of sp³-hybridized carbons (Fsp3) is 0.625. The summed E-state index contributed by atoms with van der Waals surface area (Å²) in [5.74, 6) is 0. The maximum atomic E-state index is 5.52. The van der Waals surface area contributed by atoms with Crippen LogP contribution in [0.4, 0.5) is 5.13 Å². The van der Waals surface area contributed by atoms with Crippen molar-refractivity contribution in [3.8, 4) is 0 Å². The van der Waals surface area contributed by atoms with Crippen LogP contribution in [0, 0.1) is 0 Å². The van der Waals surface area contributed by atoms with E-state index in [1.807, 2.05) is 6.20 Å².